The number of rotatable bonds is 7. The lowest BCUT2D eigenvalue weighted by Crippen LogP contribution is -2.44. The lowest BCUT2D eigenvalue weighted by atomic mass is 9.74. The minimum atomic E-state index is -0.0301. The molecule has 0 saturated carbocycles. The van der Waals surface area contributed by atoms with Crippen molar-refractivity contribution in [3.05, 3.63) is 89.2 Å². The molecule has 7 heteroatoms. The highest BCUT2D eigenvalue weighted by molar-refractivity contribution is 5.99. The number of benzene rings is 2. The van der Waals surface area contributed by atoms with Gasteiger partial charge in [-0.2, -0.15) is 9.61 Å². The molecule has 0 atom stereocenters. The van der Waals surface area contributed by atoms with E-state index in [1.54, 1.807) is 16.9 Å². The van der Waals surface area contributed by atoms with E-state index in [2.05, 4.69) is 46.6 Å². The average Bonchev–Trinajstić information content (AvgIpc) is 3.33. The van der Waals surface area contributed by atoms with Crippen LogP contribution in [0.5, 0.6) is 0 Å². The summed E-state index contributed by atoms with van der Waals surface area (Å²) in [6, 6.07) is 18.6. The number of para-hydroxylation sites is 1. The number of fused-ring (bicyclic) bond motifs is 1. The fourth-order valence-corrected chi connectivity index (χ4v) is 4.91. The summed E-state index contributed by atoms with van der Waals surface area (Å²) in [4.78, 5) is 20.4. The Labute approximate surface area is 212 Å². The summed E-state index contributed by atoms with van der Waals surface area (Å²) < 4.78 is 7.33. The molecule has 5 rings (SSSR count). The van der Waals surface area contributed by atoms with E-state index in [0.29, 0.717) is 43.3 Å². The van der Waals surface area contributed by atoms with Gasteiger partial charge in [-0.3, -0.25) is 4.79 Å². The maximum absolute atomic E-state index is 13.8. The van der Waals surface area contributed by atoms with Gasteiger partial charge in [-0.25, -0.2) is 4.98 Å². The first-order valence-electron chi connectivity index (χ1n) is 12.6. The van der Waals surface area contributed by atoms with Crippen LogP contribution in [0.4, 0.5) is 11.5 Å². The molecule has 1 aliphatic rings. The van der Waals surface area contributed by atoms with Crippen molar-refractivity contribution in [2.75, 3.05) is 25.0 Å². The molecule has 2 aromatic heterocycles. The number of aromatic nitrogens is 3. The van der Waals surface area contributed by atoms with Crippen molar-refractivity contribution in [1.82, 2.24) is 19.5 Å². The van der Waals surface area contributed by atoms with E-state index >= 15 is 0 Å². The van der Waals surface area contributed by atoms with Crippen LogP contribution in [0.2, 0.25) is 0 Å². The quantitative estimate of drug-likeness (QED) is 0.375. The predicted octanol–water partition coefficient (Wildman–Crippen LogP) is 5.51. The Morgan fingerprint density at radius 3 is 2.50 bits per heavy atom. The van der Waals surface area contributed by atoms with E-state index in [1.807, 2.05) is 49.1 Å². The second-order valence-corrected chi connectivity index (χ2v) is 9.72. The van der Waals surface area contributed by atoms with Gasteiger partial charge in [0.05, 0.1) is 12.8 Å². The Hall–Kier alpha value is -3.71. The van der Waals surface area contributed by atoms with Gasteiger partial charge in [-0.15, -0.1) is 0 Å². The number of ether oxygens (including phenoxy) is 1. The number of carbonyl (C=O) groups is 1. The number of anilines is 2. The van der Waals surface area contributed by atoms with Crippen molar-refractivity contribution >= 4 is 23.1 Å². The molecule has 3 heterocycles. The highest BCUT2D eigenvalue weighted by Crippen LogP contribution is 2.36. The minimum absolute atomic E-state index is 0.0301. The van der Waals surface area contributed by atoms with Crippen LogP contribution in [-0.4, -0.2) is 45.1 Å². The average molecular weight is 484 g/mol. The standard InChI is InChI=1S/C29H33N5O2/c1-4-36-20-22-18-31-34-26(22)30-19-24(27(34)32-25-13-9-8-10-21(25)2)28(35)33-16-14-29(3,15-17-33)23-11-6-5-7-12-23/h5-13,18-19,32H,4,14-17,20H2,1-3H3. The molecule has 4 aromatic rings. The fourth-order valence-electron chi connectivity index (χ4n) is 4.91. The van der Waals surface area contributed by atoms with E-state index in [1.165, 1.54) is 5.56 Å². The van der Waals surface area contributed by atoms with E-state index in [-0.39, 0.29) is 11.3 Å². The van der Waals surface area contributed by atoms with Gasteiger partial charge in [0.15, 0.2) is 5.65 Å². The second-order valence-electron chi connectivity index (χ2n) is 9.72. The molecular weight excluding hydrogens is 450 g/mol. The minimum Gasteiger partial charge on any atom is -0.377 e. The number of hydrogen-bond acceptors (Lipinski definition) is 5. The number of nitrogens with zero attached hydrogens (tertiary/aromatic N) is 4. The molecule has 1 aliphatic heterocycles. The first kappa shape index (κ1) is 24.0. The van der Waals surface area contributed by atoms with Crippen LogP contribution in [0.3, 0.4) is 0 Å². The number of hydrogen-bond donors (Lipinski definition) is 1. The van der Waals surface area contributed by atoms with Crippen molar-refractivity contribution in [3.8, 4) is 0 Å². The van der Waals surface area contributed by atoms with E-state index in [9.17, 15) is 4.79 Å². The summed E-state index contributed by atoms with van der Waals surface area (Å²) in [6.45, 7) is 8.73. The zero-order valence-corrected chi connectivity index (χ0v) is 21.2. The SMILES string of the molecule is CCOCc1cnn2c(Nc3ccccc3C)c(C(=O)N3CCC(C)(c4ccccc4)CC3)cnc12. The number of carbonyl (C=O) groups excluding carboxylic acids is 1. The molecule has 1 saturated heterocycles. The Bertz CT molecular complexity index is 1360. The molecule has 1 fully saturated rings. The van der Waals surface area contributed by atoms with E-state index in [0.717, 1.165) is 29.7 Å². The normalized spacial score (nSPS) is 15.2. The Morgan fingerprint density at radius 1 is 1.06 bits per heavy atom. The lowest BCUT2D eigenvalue weighted by Gasteiger charge is -2.40. The van der Waals surface area contributed by atoms with Gasteiger partial charge >= 0.3 is 0 Å². The number of nitrogens with one attached hydrogen (secondary N) is 1. The smallest absolute Gasteiger partial charge is 0.259 e. The predicted molar refractivity (Wildman–Crippen MR) is 142 cm³/mol. The summed E-state index contributed by atoms with van der Waals surface area (Å²) >= 11 is 0. The van der Waals surface area contributed by atoms with Gasteiger partial charge in [-0.05, 0) is 49.3 Å². The third kappa shape index (κ3) is 4.58. The maximum Gasteiger partial charge on any atom is 0.259 e. The van der Waals surface area contributed by atoms with Crippen molar-refractivity contribution in [1.29, 1.82) is 0 Å². The molecule has 0 radical (unpaired) electrons. The molecule has 0 aliphatic carbocycles. The molecule has 2 aromatic carbocycles. The summed E-state index contributed by atoms with van der Waals surface area (Å²) in [7, 11) is 0. The molecule has 1 N–H and O–H groups in total. The number of likely N-dealkylation sites (tertiary alicyclic amines) is 1. The highest BCUT2D eigenvalue weighted by Gasteiger charge is 2.34. The number of aryl methyl sites for hydroxylation is 1. The summed E-state index contributed by atoms with van der Waals surface area (Å²) in [5.41, 5.74) is 5.50. The van der Waals surface area contributed by atoms with Gasteiger partial charge in [0, 0.05) is 37.1 Å². The van der Waals surface area contributed by atoms with Gasteiger partial charge in [0.2, 0.25) is 0 Å². The lowest BCUT2D eigenvalue weighted by molar-refractivity contribution is 0.0676. The van der Waals surface area contributed by atoms with Crippen molar-refractivity contribution in [2.45, 2.75) is 45.6 Å². The highest BCUT2D eigenvalue weighted by atomic mass is 16.5. The van der Waals surface area contributed by atoms with Crippen LogP contribution in [0.15, 0.2) is 67.0 Å². The van der Waals surface area contributed by atoms with Crippen LogP contribution < -0.4 is 5.32 Å². The largest absolute Gasteiger partial charge is 0.377 e. The van der Waals surface area contributed by atoms with Crippen LogP contribution >= 0.6 is 0 Å². The summed E-state index contributed by atoms with van der Waals surface area (Å²) in [5, 5.41) is 8.08. The fraction of sp³-hybridized carbons (Fsp3) is 0.345. The third-order valence-electron chi connectivity index (χ3n) is 7.31. The van der Waals surface area contributed by atoms with Crippen LogP contribution in [0, 0.1) is 6.92 Å². The van der Waals surface area contributed by atoms with E-state index in [4.69, 9.17) is 4.74 Å². The van der Waals surface area contributed by atoms with Gasteiger partial charge in [0.1, 0.15) is 11.4 Å². The van der Waals surface area contributed by atoms with E-state index < -0.39 is 0 Å². The van der Waals surface area contributed by atoms with Crippen molar-refractivity contribution in [3.63, 3.8) is 0 Å². The molecule has 0 bridgehead atoms. The molecule has 0 unspecified atom stereocenters. The molecule has 7 nitrogen and oxygen atoms in total. The Kier molecular flexibility index (Phi) is 6.74. The van der Waals surface area contributed by atoms with Crippen LogP contribution in [-0.2, 0) is 16.8 Å². The van der Waals surface area contributed by atoms with Gasteiger partial charge in [0.25, 0.3) is 5.91 Å². The molecule has 1 amide bonds. The summed E-state index contributed by atoms with van der Waals surface area (Å²) in [6.07, 6.45) is 5.28. The molecule has 0 spiro atoms. The first-order valence-corrected chi connectivity index (χ1v) is 12.6. The van der Waals surface area contributed by atoms with Crippen molar-refractivity contribution in [2.24, 2.45) is 0 Å². The molecule has 36 heavy (non-hydrogen) atoms. The molecular formula is C29H33N5O2. The van der Waals surface area contributed by atoms with Gasteiger partial charge in [-0.1, -0.05) is 55.5 Å². The third-order valence-corrected chi connectivity index (χ3v) is 7.31. The zero-order valence-electron chi connectivity index (χ0n) is 21.2. The summed E-state index contributed by atoms with van der Waals surface area (Å²) in [5.74, 6) is 0.593. The Morgan fingerprint density at radius 2 is 1.78 bits per heavy atom. The maximum atomic E-state index is 13.8. The zero-order chi connectivity index (χ0) is 25.1. The van der Waals surface area contributed by atoms with Gasteiger partial charge < -0.3 is 15.0 Å². The molecule has 186 valence electrons. The second kappa shape index (κ2) is 10.1. The Balaban J connectivity index is 1.47. The number of amides is 1. The van der Waals surface area contributed by atoms with Crippen molar-refractivity contribution < 1.29 is 9.53 Å². The van der Waals surface area contributed by atoms with Crippen LogP contribution in [0.25, 0.3) is 5.65 Å². The monoisotopic (exact) mass is 483 g/mol. The first-order chi connectivity index (χ1) is 17.5. The van der Waals surface area contributed by atoms with Crippen LogP contribution in [0.1, 0.15) is 53.7 Å². The number of piperidine rings is 1. The topological polar surface area (TPSA) is 71.8 Å².